The molecule has 4 nitrogen and oxygen atoms in total. The lowest BCUT2D eigenvalue weighted by Gasteiger charge is -2.08. The van der Waals surface area contributed by atoms with Crippen LogP contribution in [-0.2, 0) is 5.75 Å². The van der Waals surface area contributed by atoms with Gasteiger partial charge in [0.15, 0.2) is 0 Å². The van der Waals surface area contributed by atoms with Gasteiger partial charge in [0, 0.05) is 17.1 Å². The summed E-state index contributed by atoms with van der Waals surface area (Å²) >= 11 is 1.79. The van der Waals surface area contributed by atoms with Gasteiger partial charge < -0.3 is 5.73 Å². The molecule has 2 N–H and O–H groups in total. The summed E-state index contributed by atoms with van der Waals surface area (Å²) in [7, 11) is 0. The monoisotopic (exact) mass is 240 g/mol. The SMILES string of the molecule is CCC(C)SCc1ccc(N)c([N+](=O)[O-])c1. The van der Waals surface area contributed by atoms with E-state index in [2.05, 4.69) is 13.8 Å². The number of nitrogen functional groups attached to an aromatic ring is 1. The highest BCUT2D eigenvalue weighted by Gasteiger charge is 2.12. The molecule has 0 bridgehead atoms. The van der Waals surface area contributed by atoms with E-state index in [0.29, 0.717) is 5.25 Å². The van der Waals surface area contributed by atoms with E-state index in [1.54, 1.807) is 23.9 Å². The van der Waals surface area contributed by atoms with Gasteiger partial charge in [-0.15, -0.1) is 0 Å². The number of thioether (sulfide) groups is 1. The van der Waals surface area contributed by atoms with Crippen LogP contribution in [0.3, 0.4) is 0 Å². The standard InChI is InChI=1S/C11H16N2O2S/c1-3-8(2)16-7-9-4-5-10(12)11(6-9)13(14)15/h4-6,8H,3,7,12H2,1-2H3. The van der Waals surface area contributed by atoms with Crippen LogP contribution in [0, 0.1) is 10.1 Å². The molecule has 88 valence electrons. The first-order valence-corrected chi connectivity index (χ1v) is 6.23. The van der Waals surface area contributed by atoms with Crippen LogP contribution in [0.25, 0.3) is 0 Å². The third-order valence-corrected chi connectivity index (χ3v) is 3.80. The Bertz CT molecular complexity index is 382. The summed E-state index contributed by atoms with van der Waals surface area (Å²) in [4.78, 5) is 10.2. The molecule has 0 radical (unpaired) electrons. The second kappa shape index (κ2) is 5.75. The van der Waals surface area contributed by atoms with Crippen molar-refractivity contribution >= 4 is 23.1 Å². The molecule has 5 heteroatoms. The first kappa shape index (κ1) is 12.8. The zero-order valence-electron chi connectivity index (χ0n) is 9.47. The molecular weight excluding hydrogens is 224 g/mol. The number of nitrogens with zero attached hydrogens (tertiary/aromatic N) is 1. The first-order chi connectivity index (χ1) is 7.54. The lowest BCUT2D eigenvalue weighted by molar-refractivity contribution is -0.383. The van der Waals surface area contributed by atoms with E-state index in [1.165, 1.54) is 0 Å². The van der Waals surface area contributed by atoms with Crippen molar-refractivity contribution < 1.29 is 4.92 Å². The molecule has 0 spiro atoms. The Balaban J connectivity index is 2.75. The molecule has 0 fully saturated rings. The minimum atomic E-state index is -0.438. The molecule has 0 aliphatic carbocycles. The Morgan fingerprint density at radius 2 is 2.25 bits per heavy atom. The van der Waals surface area contributed by atoms with Crippen molar-refractivity contribution in [3.63, 3.8) is 0 Å². The van der Waals surface area contributed by atoms with Crippen LogP contribution in [0.4, 0.5) is 11.4 Å². The van der Waals surface area contributed by atoms with E-state index in [1.807, 2.05) is 6.07 Å². The fourth-order valence-corrected chi connectivity index (χ4v) is 2.09. The number of nitro benzene ring substituents is 1. The minimum absolute atomic E-state index is 0.00208. The van der Waals surface area contributed by atoms with E-state index >= 15 is 0 Å². The molecule has 0 amide bonds. The number of rotatable bonds is 5. The van der Waals surface area contributed by atoms with Crippen LogP contribution in [0.5, 0.6) is 0 Å². The lowest BCUT2D eigenvalue weighted by Crippen LogP contribution is -1.98. The molecule has 1 rings (SSSR count). The van der Waals surface area contributed by atoms with Crippen molar-refractivity contribution in [3.05, 3.63) is 33.9 Å². The highest BCUT2D eigenvalue weighted by Crippen LogP contribution is 2.26. The molecule has 0 saturated carbocycles. The average Bonchev–Trinajstić information content (AvgIpc) is 2.27. The number of anilines is 1. The van der Waals surface area contributed by atoms with Crippen LogP contribution < -0.4 is 5.73 Å². The minimum Gasteiger partial charge on any atom is -0.393 e. The van der Waals surface area contributed by atoms with Gasteiger partial charge in [-0.25, -0.2) is 0 Å². The van der Waals surface area contributed by atoms with Crippen molar-refractivity contribution in [1.29, 1.82) is 0 Å². The largest absolute Gasteiger partial charge is 0.393 e. The summed E-state index contributed by atoms with van der Waals surface area (Å²) in [6, 6.07) is 5.01. The molecule has 1 unspecified atom stereocenters. The summed E-state index contributed by atoms with van der Waals surface area (Å²) in [6.45, 7) is 4.28. The van der Waals surface area contributed by atoms with Crippen molar-refractivity contribution in [2.75, 3.05) is 5.73 Å². The Morgan fingerprint density at radius 1 is 1.56 bits per heavy atom. The topological polar surface area (TPSA) is 69.2 Å². The lowest BCUT2D eigenvalue weighted by atomic mass is 10.2. The number of hydrogen-bond acceptors (Lipinski definition) is 4. The summed E-state index contributed by atoms with van der Waals surface area (Å²) in [5.74, 6) is 0.788. The fourth-order valence-electron chi connectivity index (χ4n) is 1.19. The Labute approximate surface area is 99.4 Å². The van der Waals surface area contributed by atoms with Crippen LogP contribution in [0.15, 0.2) is 18.2 Å². The molecular formula is C11H16N2O2S. The van der Waals surface area contributed by atoms with Crippen molar-refractivity contribution in [2.24, 2.45) is 0 Å². The first-order valence-electron chi connectivity index (χ1n) is 5.19. The van der Waals surface area contributed by atoms with E-state index in [0.717, 1.165) is 17.7 Å². The second-order valence-corrected chi connectivity index (χ2v) is 5.11. The molecule has 0 aliphatic heterocycles. The highest BCUT2D eigenvalue weighted by atomic mass is 32.2. The van der Waals surface area contributed by atoms with E-state index in [-0.39, 0.29) is 11.4 Å². The number of nitrogens with two attached hydrogens (primary N) is 1. The predicted molar refractivity (Wildman–Crippen MR) is 68.6 cm³/mol. The van der Waals surface area contributed by atoms with Gasteiger partial charge in [-0.3, -0.25) is 10.1 Å². The van der Waals surface area contributed by atoms with E-state index < -0.39 is 4.92 Å². The molecule has 0 saturated heterocycles. The zero-order chi connectivity index (χ0) is 12.1. The van der Waals surface area contributed by atoms with Crippen molar-refractivity contribution in [1.82, 2.24) is 0 Å². The molecule has 0 aromatic heterocycles. The smallest absolute Gasteiger partial charge is 0.292 e. The van der Waals surface area contributed by atoms with Crippen molar-refractivity contribution in [3.8, 4) is 0 Å². The summed E-state index contributed by atoms with van der Waals surface area (Å²) < 4.78 is 0. The van der Waals surface area contributed by atoms with Crippen LogP contribution >= 0.6 is 11.8 Å². The van der Waals surface area contributed by atoms with Gasteiger partial charge in [0.25, 0.3) is 5.69 Å². The van der Waals surface area contributed by atoms with Crippen molar-refractivity contribution in [2.45, 2.75) is 31.3 Å². The zero-order valence-corrected chi connectivity index (χ0v) is 10.3. The Morgan fingerprint density at radius 3 is 2.81 bits per heavy atom. The van der Waals surface area contributed by atoms with Gasteiger partial charge >= 0.3 is 0 Å². The average molecular weight is 240 g/mol. The van der Waals surface area contributed by atoms with Gasteiger partial charge in [0.2, 0.25) is 0 Å². The molecule has 1 aromatic rings. The summed E-state index contributed by atoms with van der Waals surface area (Å²) in [5, 5.41) is 11.3. The normalized spacial score (nSPS) is 12.4. The summed E-state index contributed by atoms with van der Waals surface area (Å²) in [5.41, 5.74) is 6.70. The molecule has 16 heavy (non-hydrogen) atoms. The fraction of sp³-hybridized carbons (Fsp3) is 0.455. The van der Waals surface area contributed by atoms with Gasteiger partial charge in [-0.1, -0.05) is 19.9 Å². The summed E-state index contributed by atoms with van der Waals surface area (Å²) in [6.07, 6.45) is 1.10. The maximum Gasteiger partial charge on any atom is 0.292 e. The van der Waals surface area contributed by atoms with Gasteiger partial charge in [0.05, 0.1) is 4.92 Å². The van der Waals surface area contributed by atoms with E-state index in [9.17, 15) is 10.1 Å². The second-order valence-electron chi connectivity index (χ2n) is 3.68. The Kier molecular flexibility index (Phi) is 4.61. The number of nitro groups is 1. The van der Waals surface area contributed by atoms with Gasteiger partial charge in [0.1, 0.15) is 5.69 Å². The van der Waals surface area contributed by atoms with E-state index in [4.69, 9.17) is 5.73 Å². The number of benzene rings is 1. The molecule has 1 atom stereocenters. The molecule has 0 aliphatic rings. The quantitative estimate of drug-likeness (QED) is 0.487. The predicted octanol–water partition coefficient (Wildman–Crippen LogP) is 3.21. The van der Waals surface area contributed by atoms with Gasteiger partial charge in [-0.2, -0.15) is 11.8 Å². The van der Waals surface area contributed by atoms with Gasteiger partial charge in [-0.05, 0) is 18.1 Å². The maximum atomic E-state index is 10.7. The molecule has 0 heterocycles. The molecule has 1 aromatic carbocycles. The number of hydrogen-bond donors (Lipinski definition) is 1. The third-order valence-electron chi connectivity index (χ3n) is 2.40. The Hall–Kier alpha value is -1.23. The van der Waals surface area contributed by atoms with Crippen LogP contribution in [0.2, 0.25) is 0 Å². The maximum absolute atomic E-state index is 10.7. The van der Waals surface area contributed by atoms with Crippen LogP contribution in [0.1, 0.15) is 25.8 Å². The highest BCUT2D eigenvalue weighted by molar-refractivity contribution is 7.99. The van der Waals surface area contributed by atoms with Crippen LogP contribution in [-0.4, -0.2) is 10.2 Å². The third kappa shape index (κ3) is 3.41.